The molecule has 0 saturated heterocycles. The molecule has 0 amide bonds. The van der Waals surface area contributed by atoms with Crippen LogP contribution in [0.15, 0.2) is 44.6 Å². The van der Waals surface area contributed by atoms with Crippen LogP contribution in [-0.4, -0.2) is 10.7 Å². The third-order valence-corrected chi connectivity index (χ3v) is 3.83. The summed E-state index contributed by atoms with van der Waals surface area (Å²) in [6, 6.07) is 9.53. The molecule has 2 heterocycles. The third kappa shape index (κ3) is 2.00. The topological polar surface area (TPSA) is 43.1 Å². The summed E-state index contributed by atoms with van der Waals surface area (Å²) in [5.74, 6) is 1.45. The largest absolute Gasteiger partial charge is 0.403 e. The highest BCUT2D eigenvalue weighted by atomic mass is 32.2. The molecular formula is C13H11NO2S. The van der Waals surface area contributed by atoms with E-state index in [-0.39, 0.29) is 5.63 Å². The van der Waals surface area contributed by atoms with Gasteiger partial charge in [0.05, 0.1) is 5.56 Å². The predicted molar refractivity (Wildman–Crippen MR) is 67.3 cm³/mol. The van der Waals surface area contributed by atoms with Gasteiger partial charge < -0.3 is 4.42 Å². The predicted octanol–water partition coefficient (Wildman–Crippen LogP) is 2.74. The van der Waals surface area contributed by atoms with Crippen molar-refractivity contribution in [1.82, 2.24) is 4.98 Å². The molecule has 0 bridgehead atoms. The zero-order valence-corrected chi connectivity index (χ0v) is 10.00. The SMILES string of the molecule is O=c1oc(-c2ccccc2)nc2c1CCCS2. The maximum absolute atomic E-state index is 11.8. The van der Waals surface area contributed by atoms with E-state index in [1.807, 2.05) is 30.3 Å². The van der Waals surface area contributed by atoms with Crippen molar-refractivity contribution >= 4 is 11.8 Å². The van der Waals surface area contributed by atoms with E-state index in [0.29, 0.717) is 5.89 Å². The van der Waals surface area contributed by atoms with Crippen molar-refractivity contribution in [3.8, 4) is 11.5 Å². The average molecular weight is 245 g/mol. The van der Waals surface area contributed by atoms with Crippen LogP contribution < -0.4 is 5.63 Å². The van der Waals surface area contributed by atoms with E-state index in [1.165, 1.54) is 0 Å². The van der Waals surface area contributed by atoms with Crippen LogP contribution in [0.4, 0.5) is 0 Å². The zero-order chi connectivity index (χ0) is 11.7. The number of thioether (sulfide) groups is 1. The van der Waals surface area contributed by atoms with Gasteiger partial charge in [-0.1, -0.05) is 18.2 Å². The van der Waals surface area contributed by atoms with Crippen LogP contribution in [0, 0.1) is 0 Å². The molecule has 0 spiro atoms. The summed E-state index contributed by atoms with van der Waals surface area (Å²) in [4.78, 5) is 16.3. The van der Waals surface area contributed by atoms with Crippen molar-refractivity contribution in [2.75, 3.05) is 5.75 Å². The van der Waals surface area contributed by atoms with Gasteiger partial charge in [0.1, 0.15) is 5.03 Å². The Balaban J connectivity index is 2.14. The Bertz CT molecular complexity index is 592. The van der Waals surface area contributed by atoms with Gasteiger partial charge in [-0.2, -0.15) is 0 Å². The van der Waals surface area contributed by atoms with Crippen molar-refractivity contribution in [3.63, 3.8) is 0 Å². The fraction of sp³-hybridized carbons (Fsp3) is 0.231. The molecular weight excluding hydrogens is 234 g/mol. The van der Waals surface area contributed by atoms with Crippen molar-refractivity contribution in [1.29, 1.82) is 0 Å². The monoisotopic (exact) mass is 245 g/mol. The Labute approximate surface area is 103 Å². The van der Waals surface area contributed by atoms with Crippen LogP contribution in [0.3, 0.4) is 0 Å². The smallest absolute Gasteiger partial charge is 0.343 e. The molecule has 86 valence electrons. The number of fused-ring (bicyclic) bond motifs is 1. The third-order valence-electron chi connectivity index (χ3n) is 2.73. The lowest BCUT2D eigenvalue weighted by Gasteiger charge is -2.12. The highest BCUT2D eigenvalue weighted by Crippen LogP contribution is 2.28. The average Bonchev–Trinajstić information content (AvgIpc) is 2.40. The first-order chi connectivity index (χ1) is 8.34. The number of rotatable bonds is 1. The van der Waals surface area contributed by atoms with Gasteiger partial charge in [-0.05, 0) is 30.7 Å². The molecule has 0 atom stereocenters. The quantitative estimate of drug-likeness (QED) is 0.774. The maximum atomic E-state index is 11.8. The molecule has 3 nitrogen and oxygen atoms in total. The van der Waals surface area contributed by atoms with Crippen molar-refractivity contribution < 1.29 is 4.42 Å². The van der Waals surface area contributed by atoms with Crippen molar-refractivity contribution in [2.24, 2.45) is 0 Å². The Hall–Kier alpha value is -1.55. The maximum Gasteiger partial charge on any atom is 0.343 e. The first kappa shape index (κ1) is 10.6. The normalized spacial score (nSPS) is 14.4. The molecule has 0 N–H and O–H groups in total. The van der Waals surface area contributed by atoms with Gasteiger partial charge >= 0.3 is 5.63 Å². The van der Waals surface area contributed by atoms with E-state index >= 15 is 0 Å². The molecule has 1 aliphatic rings. The number of hydrogen-bond donors (Lipinski definition) is 0. The number of nitrogens with zero attached hydrogens (tertiary/aromatic N) is 1. The van der Waals surface area contributed by atoms with E-state index in [1.54, 1.807) is 11.8 Å². The van der Waals surface area contributed by atoms with Gasteiger partial charge in [-0.15, -0.1) is 11.8 Å². The Morgan fingerprint density at radius 2 is 2.06 bits per heavy atom. The molecule has 0 unspecified atom stereocenters. The van der Waals surface area contributed by atoms with Crippen LogP contribution in [0.1, 0.15) is 12.0 Å². The van der Waals surface area contributed by atoms with Crippen LogP contribution >= 0.6 is 11.8 Å². The van der Waals surface area contributed by atoms with Crippen LogP contribution in [0.2, 0.25) is 0 Å². The minimum Gasteiger partial charge on any atom is -0.403 e. The van der Waals surface area contributed by atoms with Gasteiger partial charge in [-0.3, -0.25) is 0 Å². The molecule has 0 aliphatic carbocycles. The fourth-order valence-corrected chi connectivity index (χ4v) is 2.86. The second-order valence-corrected chi connectivity index (χ2v) is 4.99. The Morgan fingerprint density at radius 1 is 1.24 bits per heavy atom. The van der Waals surface area contributed by atoms with Crippen LogP contribution in [0.25, 0.3) is 11.5 Å². The second kappa shape index (κ2) is 4.37. The Morgan fingerprint density at radius 3 is 2.88 bits per heavy atom. The minimum absolute atomic E-state index is 0.235. The van der Waals surface area contributed by atoms with Gasteiger partial charge in [0.2, 0.25) is 5.89 Å². The molecule has 4 heteroatoms. The van der Waals surface area contributed by atoms with E-state index in [0.717, 1.165) is 34.7 Å². The lowest BCUT2D eigenvalue weighted by Crippen LogP contribution is -2.15. The van der Waals surface area contributed by atoms with Gasteiger partial charge in [0.15, 0.2) is 0 Å². The highest BCUT2D eigenvalue weighted by molar-refractivity contribution is 7.99. The number of benzene rings is 1. The molecule has 1 aromatic carbocycles. The first-order valence-corrected chi connectivity index (χ1v) is 6.55. The first-order valence-electron chi connectivity index (χ1n) is 5.57. The second-order valence-electron chi connectivity index (χ2n) is 3.91. The lowest BCUT2D eigenvalue weighted by molar-refractivity contribution is 0.483. The highest BCUT2D eigenvalue weighted by Gasteiger charge is 2.18. The Kier molecular flexibility index (Phi) is 2.73. The molecule has 0 fully saturated rings. The van der Waals surface area contributed by atoms with Crippen molar-refractivity contribution in [3.05, 3.63) is 46.3 Å². The lowest BCUT2D eigenvalue weighted by atomic mass is 10.2. The van der Waals surface area contributed by atoms with Crippen LogP contribution in [0.5, 0.6) is 0 Å². The number of aromatic nitrogens is 1. The van der Waals surface area contributed by atoms with Gasteiger partial charge in [-0.25, -0.2) is 9.78 Å². The standard InChI is InChI=1S/C13H11NO2S/c15-13-10-7-4-8-17-12(10)14-11(16-13)9-5-2-1-3-6-9/h1-3,5-6H,4,7-8H2. The molecule has 2 aromatic rings. The summed E-state index contributed by atoms with van der Waals surface area (Å²) >= 11 is 1.64. The van der Waals surface area contributed by atoms with Gasteiger partial charge in [0, 0.05) is 5.56 Å². The minimum atomic E-state index is -0.235. The van der Waals surface area contributed by atoms with E-state index in [9.17, 15) is 4.79 Å². The molecule has 1 aromatic heterocycles. The van der Waals surface area contributed by atoms with Gasteiger partial charge in [0.25, 0.3) is 0 Å². The summed E-state index contributed by atoms with van der Waals surface area (Å²) < 4.78 is 5.28. The van der Waals surface area contributed by atoms with E-state index in [2.05, 4.69) is 4.98 Å². The van der Waals surface area contributed by atoms with E-state index in [4.69, 9.17) is 4.42 Å². The zero-order valence-electron chi connectivity index (χ0n) is 9.18. The van der Waals surface area contributed by atoms with E-state index < -0.39 is 0 Å². The molecule has 1 aliphatic heterocycles. The fourth-order valence-electron chi connectivity index (χ4n) is 1.87. The number of hydrogen-bond acceptors (Lipinski definition) is 4. The van der Waals surface area contributed by atoms with Crippen molar-refractivity contribution in [2.45, 2.75) is 17.9 Å². The summed E-state index contributed by atoms with van der Waals surface area (Å²) in [6.07, 6.45) is 1.81. The summed E-state index contributed by atoms with van der Waals surface area (Å²) in [6.45, 7) is 0. The molecule has 3 rings (SSSR count). The molecule has 0 saturated carbocycles. The molecule has 17 heavy (non-hydrogen) atoms. The van der Waals surface area contributed by atoms with Crippen LogP contribution in [-0.2, 0) is 6.42 Å². The molecule has 0 radical (unpaired) electrons. The summed E-state index contributed by atoms with van der Waals surface area (Å²) in [5.41, 5.74) is 1.35. The summed E-state index contributed by atoms with van der Waals surface area (Å²) in [7, 11) is 0. The summed E-state index contributed by atoms with van der Waals surface area (Å²) in [5, 5.41) is 0.839.